The first kappa shape index (κ1) is 13.2. The zero-order valence-electron chi connectivity index (χ0n) is 9.90. The molecule has 1 aromatic carbocycles. The highest BCUT2D eigenvalue weighted by Gasteiger charge is 2.38. The van der Waals surface area contributed by atoms with Gasteiger partial charge in [0.2, 0.25) is 0 Å². The van der Waals surface area contributed by atoms with Crippen LogP contribution in [0.25, 0.3) is 0 Å². The SMILES string of the molecule is CC1(Nc2ccc(C#N)c(Cl)c2)CCS(=O)(=O)C1. The molecule has 2 rings (SSSR count). The van der Waals surface area contributed by atoms with Gasteiger partial charge in [-0.05, 0) is 31.5 Å². The molecule has 6 heteroatoms. The van der Waals surface area contributed by atoms with Crippen LogP contribution in [0.15, 0.2) is 18.2 Å². The summed E-state index contributed by atoms with van der Waals surface area (Å²) in [6, 6.07) is 6.99. The molecular weight excluding hydrogens is 272 g/mol. The average molecular weight is 285 g/mol. The van der Waals surface area contributed by atoms with E-state index in [9.17, 15) is 8.42 Å². The molecule has 1 fully saturated rings. The van der Waals surface area contributed by atoms with E-state index in [1.807, 2.05) is 13.0 Å². The van der Waals surface area contributed by atoms with Crippen molar-refractivity contribution in [2.24, 2.45) is 0 Å². The van der Waals surface area contributed by atoms with Crippen molar-refractivity contribution in [3.05, 3.63) is 28.8 Å². The number of hydrogen-bond acceptors (Lipinski definition) is 4. The molecule has 4 nitrogen and oxygen atoms in total. The zero-order valence-corrected chi connectivity index (χ0v) is 11.5. The van der Waals surface area contributed by atoms with E-state index in [-0.39, 0.29) is 11.5 Å². The summed E-state index contributed by atoms with van der Waals surface area (Å²) < 4.78 is 23.0. The lowest BCUT2D eigenvalue weighted by Gasteiger charge is -2.25. The van der Waals surface area contributed by atoms with Crippen molar-refractivity contribution in [2.45, 2.75) is 18.9 Å². The lowest BCUT2D eigenvalue weighted by molar-refractivity contribution is 0.574. The Bertz CT molecular complexity index is 621. The Hall–Kier alpha value is -1.25. The molecular formula is C12H13ClN2O2S. The highest BCUT2D eigenvalue weighted by atomic mass is 35.5. The first-order valence-corrected chi connectivity index (χ1v) is 7.72. The molecule has 0 amide bonds. The standard InChI is InChI=1S/C12H13ClN2O2S/c1-12(4-5-18(16,17)8-12)15-10-3-2-9(7-14)11(13)6-10/h2-3,6,15H,4-5,8H2,1H3. The first-order chi connectivity index (χ1) is 8.34. The maximum atomic E-state index is 11.5. The first-order valence-electron chi connectivity index (χ1n) is 5.52. The van der Waals surface area contributed by atoms with Crippen LogP contribution in [-0.2, 0) is 9.84 Å². The summed E-state index contributed by atoms with van der Waals surface area (Å²) in [7, 11) is -2.94. The van der Waals surface area contributed by atoms with Gasteiger partial charge in [-0.15, -0.1) is 0 Å². The van der Waals surface area contributed by atoms with Gasteiger partial charge in [0.25, 0.3) is 0 Å². The van der Waals surface area contributed by atoms with Crippen molar-refractivity contribution < 1.29 is 8.42 Å². The number of anilines is 1. The van der Waals surface area contributed by atoms with Crippen LogP contribution in [-0.4, -0.2) is 25.5 Å². The van der Waals surface area contributed by atoms with Crippen molar-refractivity contribution in [3.63, 3.8) is 0 Å². The third-order valence-electron chi connectivity index (χ3n) is 3.04. The summed E-state index contributed by atoms with van der Waals surface area (Å²) in [6.45, 7) is 1.88. The van der Waals surface area contributed by atoms with Crippen LogP contribution in [0, 0.1) is 11.3 Å². The molecule has 96 valence electrons. The molecule has 0 saturated carbocycles. The summed E-state index contributed by atoms with van der Waals surface area (Å²) in [5.41, 5.74) is 0.682. The van der Waals surface area contributed by atoms with Crippen LogP contribution >= 0.6 is 11.6 Å². The number of hydrogen-bond donors (Lipinski definition) is 1. The molecule has 1 heterocycles. The molecule has 1 aliphatic heterocycles. The lowest BCUT2D eigenvalue weighted by Crippen LogP contribution is -2.35. The lowest BCUT2D eigenvalue weighted by atomic mass is 10.0. The van der Waals surface area contributed by atoms with Gasteiger partial charge in [-0.1, -0.05) is 11.6 Å². The van der Waals surface area contributed by atoms with Crippen LogP contribution in [0.2, 0.25) is 5.02 Å². The monoisotopic (exact) mass is 284 g/mol. The van der Waals surface area contributed by atoms with E-state index in [2.05, 4.69) is 5.32 Å². The van der Waals surface area contributed by atoms with E-state index in [0.717, 1.165) is 5.69 Å². The van der Waals surface area contributed by atoms with Crippen molar-refractivity contribution in [1.82, 2.24) is 0 Å². The second-order valence-corrected chi connectivity index (χ2v) is 7.43. The van der Waals surface area contributed by atoms with Gasteiger partial charge in [0, 0.05) is 11.2 Å². The molecule has 0 radical (unpaired) electrons. The largest absolute Gasteiger partial charge is 0.379 e. The molecule has 0 bridgehead atoms. The van der Waals surface area contributed by atoms with Gasteiger partial charge in [-0.3, -0.25) is 0 Å². The van der Waals surface area contributed by atoms with E-state index in [0.29, 0.717) is 17.0 Å². The zero-order chi connectivity index (χ0) is 13.4. The molecule has 0 aromatic heterocycles. The van der Waals surface area contributed by atoms with E-state index in [4.69, 9.17) is 16.9 Å². The molecule has 1 unspecified atom stereocenters. The highest BCUT2D eigenvalue weighted by Crippen LogP contribution is 2.29. The number of sulfone groups is 1. The fourth-order valence-corrected chi connectivity index (χ4v) is 4.46. The van der Waals surface area contributed by atoms with Gasteiger partial charge >= 0.3 is 0 Å². The molecule has 1 saturated heterocycles. The van der Waals surface area contributed by atoms with Crippen LogP contribution in [0.3, 0.4) is 0 Å². The van der Waals surface area contributed by atoms with Gasteiger partial charge in [0.15, 0.2) is 9.84 Å². The molecule has 1 aromatic rings. The Labute approximate surface area is 111 Å². The van der Waals surface area contributed by atoms with E-state index < -0.39 is 15.4 Å². The second-order valence-electron chi connectivity index (χ2n) is 4.83. The summed E-state index contributed by atoms with van der Waals surface area (Å²) in [5.74, 6) is 0.331. The van der Waals surface area contributed by atoms with Gasteiger partial charge in [0.1, 0.15) is 6.07 Å². The quantitative estimate of drug-likeness (QED) is 0.904. The van der Waals surface area contributed by atoms with Gasteiger partial charge < -0.3 is 5.32 Å². The number of nitriles is 1. The maximum absolute atomic E-state index is 11.5. The summed E-state index contributed by atoms with van der Waals surface area (Å²) in [4.78, 5) is 0. The normalized spacial score (nSPS) is 25.6. The fraction of sp³-hybridized carbons (Fsp3) is 0.417. The Balaban J connectivity index is 2.21. The Kier molecular flexibility index (Phi) is 3.26. The minimum Gasteiger partial charge on any atom is -0.379 e. The highest BCUT2D eigenvalue weighted by molar-refractivity contribution is 7.91. The number of nitrogens with zero attached hydrogens (tertiary/aromatic N) is 1. The van der Waals surface area contributed by atoms with Crippen LogP contribution in [0.5, 0.6) is 0 Å². The average Bonchev–Trinajstić information content (AvgIpc) is 2.53. The number of rotatable bonds is 2. The Morgan fingerprint density at radius 2 is 2.22 bits per heavy atom. The third kappa shape index (κ3) is 2.77. The van der Waals surface area contributed by atoms with Crippen molar-refractivity contribution in [3.8, 4) is 6.07 Å². The molecule has 0 aliphatic carbocycles. The predicted octanol–water partition coefficient (Wildman–Crippen LogP) is 2.20. The fourth-order valence-electron chi connectivity index (χ4n) is 2.14. The summed E-state index contributed by atoms with van der Waals surface area (Å²) in [6.07, 6.45) is 0.576. The topological polar surface area (TPSA) is 70.0 Å². The molecule has 0 spiro atoms. The van der Waals surface area contributed by atoms with Gasteiger partial charge in [-0.25, -0.2) is 8.42 Å². The van der Waals surface area contributed by atoms with E-state index >= 15 is 0 Å². The summed E-state index contributed by atoms with van der Waals surface area (Å²) in [5, 5.41) is 12.3. The van der Waals surface area contributed by atoms with Gasteiger partial charge in [-0.2, -0.15) is 5.26 Å². The predicted molar refractivity (Wildman–Crippen MR) is 71.5 cm³/mol. The van der Waals surface area contributed by atoms with E-state index in [1.54, 1.807) is 18.2 Å². The maximum Gasteiger partial charge on any atom is 0.152 e. The summed E-state index contributed by atoms with van der Waals surface area (Å²) >= 11 is 5.94. The van der Waals surface area contributed by atoms with Crippen molar-refractivity contribution in [2.75, 3.05) is 16.8 Å². The third-order valence-corrected chi connectivity index (χ3v) is 5.25. The van der Waals surface area contributed by atoms with Crippen LogP contribution in [0.1, 0.15) is 18.9 Å². The molecule has 1 aliphatic rings. The Morgan fingerprint density at radius 3 is 2.72 bits per heavy atom. The number of halogens is 1. The van der Waals surface area contributed by atoms with Crippen LogP contribution < -0.4 is 5.32 Å². The van der Waals surface area contributed by atoms with E-state index in [1.165, 1.54) is 0 Å². The second kappa shape index (κ2) is 4.45. The van der Waals surface area contributed by atoms with Gasteiger partial charge in [0.05, 0.1) is 22.1 Å². The molecule has 18 heavy (non-hydrogen) atoms. The smallest absolute Gasteiger partial charge is 0.152 e. The van der Waals surface area contributed by atoms with Crippen molar-refractivity contribution in [1.29, 1.82) is 5.26 Å². The minimum atomic E-state index is -2.94. The number of nitrogens with one attached hydrogen (secondary N) is 1. The minimum absolute atomic E-state index is 0.123. The molecule has 1 atom stereocenters. The Morgan fingerprint density at radius 1 is 1.50 bits per heavy atom. The van der Waals surface area contributed by atoms with Crippen molar-refractivity contribution >= 4 is 27.1 Å². The van der Waals surface area contributed by atoms with Crippen LogP contribution in [0.4, 0.5) is 5.69 Å². The molecule has 1 N–H and O–H groups in total. The number of benzene rings is 1.